The topological polar surface area (TPSA) is 41.6 Å². The second-order valence-corrected chi connectivity index (χ2v) is 4.13. The van der Waals surface area contributed by atoms with Crippen molar-refractivity contribution in [1.29, 1.82) is 5.26 Å². The molecule has 0 aliphatic heterocycles. The highest BCUT2D eigenvalue weighted by Gasteiger charge is 2.08. The first-order valence-corrected chi connectivity index (χ1v) is 5.73. The average molecular weight is 233 g/mol. The first kappa shape index (κ1) is 10.5. The van der Waals surface area contributed by atoms with E-state index in [-0.39, 0.29) is 0 Å². The Kier molecular flexibility index (Phi) is 2.35. The highest BCUT2D eigenvalue weighted by molar-refractivity contribution is 5.94. The molecule has 0 unspecified atom stereocenters. The molecule has 18 heavy (non-hydrogen) atoms. The molecule has 0 fully saturated rings. The molecule has 0 spiro atoms. The molecule has 0 N–H and O–H groups in total. The Balaban J connectivity index is 2.40. The summed E-state index contributed by atoms with van der Waals surface area (Å²) in [5, 5.41) is 11.2. The van der Waals surface area contributed by atoms with E-state index in [1.165, 1.54) is 0 Å². The zero-order valence-corrected chi connectivity index (χ0v) is 9.96. The van der Waals surface area contributed by atoms with Gasteiger partial charge in [-0.2, -0.15) is 5.26 Å². The highest BCUT2D eigenvalue weighted by Crippen LogP contribution is 2.25. The van der Waals surface area contributed by atoms with Crippen LogP contribution in [-0.2, 0) is 0 Å². The van der Waals surface area contributed by atoms with Gasteiger partial charge in [0.05, 0.1) is 17.3 Å². The summed E-state index contributed by atoms with van der Waals surface area (Å²) in [4.78, 5) is 4.24. The van der Waals surface area contributed by atoms with Crippen LogP contribution in [0.2, 0.25) is 0 Å². The Labute approximate surface area is 105 Å². The summed E-state index contributed by atoms with van der Waals surface area (Å²) in [6, 6.07) is 14.0. The zero-order valence-electron chi connectivity index (χ0n) is 9.96. The molecule has 3 nitrogen and oxygen atoms in total. The molecule has 0 atom stereocenters. The summed E-state index contributed by atoms with van der Waals surface area (Å²) in [7, 11) is 0. The van der Waals surface area contributed by atoms with Crippen molar-refractivity contribution in [2.24, 2.45) is 0 Å². The lowest BCUT2D eigenvalue weighted by Crippen LogP contribution is -1.97. The van der Waals surface area contributed by atoms with E-state index in [4.69, 9.17) is 5.26 Å². The number of hydrogen-bond acceptors (Lipinski definition) is 2. The molecule has 86 valence electrons. The Morgan fingerprint density at radius 1 is 1.11 bits per heavy atom. The summed E-state index contributed by atoms with van der Waals surface area (Å²) in [6.45, 7) is 1.97. The van der Waals surface area contributed by atoms with E-state index in [9.17, 15) is 0 Å². The number of imidazole rings is 1. The van der Waals surface area contributed by atoms with Gasteiger partial charge in [0.25, 0.3) is 0 Å². The van der Waals surface area contributed by atoms with Crippen LogP contribution in [0, 0.1) is 18.3 Å². The van der Waals surface area contributed by atoms with E-state index < -0.39 is 0 Å². The number of benzene rings is 2. The van der Waals surface area contributed by atoms with Gasteiger partial charge in [-0.1, -0.05) is 24.3 Å². The van der Waals surface area contributed by atoms with Crippen molar-refractivity contribution in [3.8, 4) is 11.8 Å². The van der Waals surface area contributed by atoms with Crippen molar-refractivity contribution >= 4 is 10.8 Å². The van der Waals surface area contributed by atoms with Crippen LogP contribution in [0.1, 0.15) is 11.4 Å². The van der Waals surface area contributed by atoms with Gasteiger partial charge in [-0.15, -0.1) is 0 Å². The molecule has 1 heterocycles. The Morgan fingerprint density at radius 2 is 1.89 bits per heavy atom. The number of aromatic nitrogens is 2. The maximum absolute atomic E-state index is 9.14. The molecule has 3 heteroatoms. The average Bonchev–Trinajstić information content (AvgIpc) is 2.83. The molecule has 2 aromatic carbocycles. The summed E-state index contributed by atoms with van der Waals surface area (Å²) in [5.41, 5.74) is 1.76. The summed E-state index contributed by atoms with van der Waals surface area (Å²) < 4.78 is 2.03. The van der Waals surface area contributed by atoms with Gasteiger partial charge in [-0.25, -0.2) is 4.98 Å². The second kappa shape index (κ2) is 4.01. The predicted molar refractivity (Wildman–Crippen MR) is 70.5 cm³/mol. The van der Waals surface area contributed by atoms with Crippen molar-refractivity contribution in [2.45, 2.75) is 6.92 Å². The number of hydrogen-bond donors (Lipinski definition) is 0. The molecule has 3 rings (SSSR count). The van der Waals surface area contributed by atoms with Crippen LogP contribution in [0.25, 0.3) is 16.5 Å². The Bertz CT molecular complexity index is 763. The predicted octanol–water partition coefficient (Wildman–Crippen LogP) is 3.21. The normalized spacial score (nSPS) is 10.4. The fourth-order valence-electron chi connectivity index (χ4n) is 2.22. The van der Waals surface area contributed by atoms with Crippen LogP contribution in [0.15, 0.2) is 48.8 Å². The first-order valence-electron chi connectivity index (χ1n) is 5.73. The number of nitriles is 1. The largest absolute Gasteiger partial charge is 0.303 e. The standard InChI is InChI=1S/C15H11N3/c1-11-17-8-9-18(11)15-7-6-12(10-16)13-4-2-3-5-14(13)15/h2-9H,1H3. The molecule has 0 amide bonds. The molecule has 0 aliphatic carbocycles. The minimum Gasteiger partial charge on any atom is -0.303 e. The molecule has 3 aromatic rings. The van der Waals surface area contributed by atoms with Crippen molar-refractivity contribution in [1.82, 2.24) is 9.55 Å². The van der Waals surface area contributed by atoms with Gasteiger partial charge < -0.3 is 4.57 Å². The van der Waals surface area contributed by atoms with Crippen LogP contribution in [0.3, 0.4) is 0 Å². The van der Waals surface area contributed by atoms with Crippen LogP contribution in [0.5, 0.6) is 0 Å². The van der Waals surface area contributed by atoms with Crippen LogP contribution >= 0.6 is 0 Å². The van der Waals surface area contributed by atoms with Gasteiger partial charge in [-0.3, -0.25) is 0 Å². The third-order valence-electron chi connectivity index (χ3n) is 3.11. The third kappa shape index (κ3) is 1.47. The highest BCUT2D eigenvalue weighted by atomic mass is 15.1. The number of nitrogens with zero attached hydrogens (tertiary/aromatic N) is 3. The smallest absolute Gasteiger partial charge is 0.110 e. The quantitative estimate of drug-likeness (QED) is 0.647. The summed E-state index contributed by atoms with van der Waals surface area (Å²) >= 11 is 0. The fraction of sp³-hybridized carbons (Fsp3) is 0.0667. The van der Waals surface area contributed by atoms with Crippen molar-refractivity contribution in [3.05, 3.63) is 60.2 Å². The molecule has 0 saturated heterocycles. The van der Waals surface area contributed by atoms with E-state index in [0.717, 1.165) is 22.3 Å². The summed E-state index contributed by atoms with van der Waals surface area (Å²) in [6.07, 6.45) is 3.71. The molecule has 0 aliphatic rings. The molecule has 0 saturated carbocycles. The molecule has 1 aromatic heterocycles. The minimum absolute atomic E-state index is 0.701. The Morgan fingerprint density at radius 3 is 2.56 bits per heavy atom. The third-order valence-corrected chi connectivity index (χ3v) is 3.11. The maximum atomic E-state index is 9.14. The van der Waals surface area contributed by atoms with Gasteiger partial charge in [0.1, 0.15) is 5.82 Å². The first-order chi connectivity index (χ1) is 8.81. The Hall–Kier alpha value is -2.60. The van der Waals surface area contributed by atoms with Gasteiger partial charge in [0.15, 0.2) is 0 Å². The second-order valence-electron chi connectivity index (χ2n) is 4.13. The van der Waals surface area contributed by atoms with E-state index in [0.29, 0.717) is 5.56 Å². The van der Waals surface area contributed by atoms with Crippen molar-refractivity contribution < 1.29 is 0 Å². The monoisotopic (exact) mass is 233 g/mol. The lowest BCUT2D eigenvalue weighted by Gasteiger charge is -2.10. The summed E-state index contributed by atoms with van der Waals surface area (Å²) in [5.74, 6) is 0.935. The number of aryl methyl sites for hydroxylation is 1. The van der Waals surface area contributed by atoms with E-state index >= 15 is 0 Å². The minimum atomic E-state index is 0.701. The fourth-order valence-corrected chi connectivity index (χ4v) is 2.22. The molecular formula is C15H11N3. The number of rotatable bonds is 1. The lowest BCUT2D eigenvalue weighted by atomic mass is 10.0. The molecule has 0 bridgehead atoms. The van der Waals surface area contributed by atoms with Crippen molar-refractivity contribution in [2.75, 3.05) is 0 Å². The SMILES string of the molecule is Cc1nccn1-c1ccc(C#N)c2ccccc12. The zero-order chi connectivity index (χ0) is 12.5. The van der Waals surface area contributed by atoms with E-state index in [2.05, 4.69) is 11.1 Å². The van der Waals surface area contributed by atoms with Gasteiger partial charge in [0, 0.05) is 23.2 Å². The van der Waals surface area contributed by atoms with Crippen LogP contribution in [-0.4, -0.2) is 9.55 Å². The molecular weight excluding hydrogens is 222 g/mol. The molecule has 0 radical (unpaired) electrons. The van der Waals surface area contributed by atoms with Crippen LogP contribution < -0.4 is 0 Å². The van der Waals surface area contributed by atoms with E-state index in [1.807, 2.05) is 54.1 Å². The number of fused-ring (bicyclic) bond motifs is 1. The van der Waals surface area contributed by atoms with Gasteiger partial charge in [-0.05, 0) is 19.1 Å². The van der Waals surface area contributed by atoms with Crippen LogP contribution in [0.4, 0.5) is 0 Å². The van der Waals surface area contributed by atoms with E-state index in [1.54, 1.807) is 6.20 Å². The van der Waals surface area contributed by atoms with Crippen molar-refractivity contribution in [3.63, 3.8) is 0 Å². The maximum Gasteiger partial charge on any atom is 0.110 e. The lowest BCUT2D eigenvalue weighted by molar-refractivity contribution is 0.983. The van der Waals surface area contributed by atoms with Gasteiger partial charge >= 0.3 is 0 Å². The van der Waals surface area contributed by atoms with Gasteiger partial charge in [0.2, 0.25) is 0 Å².